The van der Waals surface area contributed by atoms with Gasteiger partial charge in [-0.2, -0.15) is 0 Å². The van der Waals surface area contributed by atoms with Crippen LogP contribution in [0.5, 0.6) is 0 Å². The molecule has 1 aliphatic carbocycles. The summed E-state index contributed by atoms with van der Waals surface area (Å²) in [7, 11) is 0. The van der Waals surface area contributed by atoms with Crippen LogP contribution in [0.3, 0.4) is 0 Å². The van der Waals surface area contributed by atoms with Crippen LogP contribution in [0.1, 0.15) is 38.7 Å². The van der Waals surface area contributed by atoms with E-state index in [9.17, 15) is 4.79 Å². The maximum absolute atomic E-state index is 12.3. The minimum Gasteiger partial charge on any atom is -0.356 e. The van der Waals surface area contributed by atoms with E-state index in [1.54, 1.807) is 0 Å². The average molecular weight is 391 g/mol. The number of benzene rings is 1. The molecule has 7 heteroatoms. The van der Waals surface area contributed by atoms with Crippen LogP contribution < -0.4 is 10.6 Å². The molecule has 1 saturated carbocycles. The molecule has 2 aromatic rings. The maximum Gasteiger partial charge on any atom is 0.230 e. The number of carbonyl (C=O) groups excluding carboxylic acids is 1. The number of carbonyl (C=O) groups is 1. The summed E-state index contributed by atoms with van der Waals surface area (Å²) in [6.45, 7) is 5.25. The molecule has 3 atom stereocenters. The zero-order chi connectivity index (χ0) is 18.4. The minimum absolute atomic E-state index is 0.0925. The molecule has 1 amide bonds. The molecule has 1 aromatic heterocycles. The Morgan fingerprint density at radius 3 is 2.85 bits per heavy atom. The second-order valence-corrected chi connectivity index (χ2v) is 9.14. The Hall–Kier alpha value is -1.60. The van der Waals surface area contributed by atoms with Crippen molar-refractivity contribution in [2.45, 2.75) is 50.0 Å². The Kier molecular flexibility index (Phi) is 6.91. The van der Waals surface area contributed by atoms with Crippen molar-refractivity contribution in [2.75, 3.05) is 11.1 Å². The molecule has 140 valence electrons. The van der Waals surface area contributed by atoms with Crippen molar-refractivity contribution >= 4 is 34.1 Å². The normalized spacial score (nSPS) is 22.8. The quantitative estimate of drug-likeness (QED) is 0.694. The predicted molar refractivity (Wildman–Crippen MR) is 109 cm³/mol. The molecule has 0 spiro atoms. The largest absolute Gasteiger partial charge is 0.356 e. The van der Waals surface area contributed by atoms with Gasteiger partial charge in [-0.05, 0) is 23.8 Å². The standard InChI is InChI=1S/C19H26N4OS2/c1-13-7-6-10-16(14(13)2)21-17(24)12-25-19-23-22-18(26-19)20-11-15-8-4-3-5-9-15/h3-5,8-9,13-14,16H,6-7,10-12H2,1-2H3,(H,20,22)(H,21,24). The first kappa shape index (κ1) is 19.2. The second-order valence-electron chi connectivity index (χ2n) is 6.94. The number of hydrogen-bond acceptors (Lipinski definition) is 6. The van der Waals surface area contributed by atoms with E-state index in [1.807, 2.05) is 18.2 Å². The summed E-state index contributed by atoms with van der Waals surface area (Å²) in [6, 6.07) is 10.5. The number of hydrogen-bond donors (Lipinski definition) is 2. The van der Waals surface area contributed by atoms with Crippen molar-refractivity contribution in [1.29, 1.82) is 0 Å². The fourth-order valence-corrected chi connectivity index (χ4v) is 4.83. The smallest absolute Gasteiger partial charge is 0.230 e. The first-order chi connectivity index (χ1) is 12.6. The number of amides is 1. The van der Waals surface area contributed by atoms with Gasteiger partial charge in [0.1, 0.15) is 0 Å². The van der Waals surface area contributed by atoms with Gasteiger partial charge in [-0.15, -0.1) is 10.2 Å². The Labute approximate surface area is 163 Å². The van der Waals surface area contributed by atoms with E-state index in [0.29, 0.717) is 23.6 Å². The lowest BCUT2D eigenvalue weighted by atomic mass is 9.78. The highest BCUT2D eigenvalue weighted by atomic mass is 32.2. The van der Waals surface area contributed by atoms with Crippen molar-refractivity contribution in [2.24, 2.45) is 11.8 Å². The summed E-state index contributed by atoms with van der Waals surface area (Å²) in [5, 5.41) is 15.6. The zero-order valence-corrected chi connectivity index (χ0v) is 16.9. The molecule has 1 aliphatic rings. The van der Waals surface area contributed by atoms with Crippen molar-refractivity contribution in [3.05, 3.63) is 35.9 Å². The number of anilines is 1. The van der Waals surface area contributed by atoms with Crippen molar-refractivity contribution < 1.29 is 4.79 Å². The lowest BCUT2D eigenvalue weighted by Crippen LogP contribution is -2.44. The number of rotatable bonds is 7. The Bertz CT molecular complexity index is 707. The fraction of sp³-hybridized carbons (Fsp3) is 0.526. The summed E-state index contributed by atoms with van der Waals surface area (Å²) in [4.78, 5) is 12.3. The highest BCUT2D eigenvalue weighted by molar-refractivity contribution is 8.01. The Balaban J connectivity index is 1.42. The first-order valence-electron chi connectivity index (χ1n) is 9.15. The first-order valence-corrected chi connectivity index (χ1v) is 11.0. The van der Waals surface area contributed by atoms with E-state index >= 15 is 0 Å². The number of thioether (sulfide) groups is 1. The molecule has 0 radical (unpaired) electrons. The molecular formula is C19H26N4OS2. The van der Waals surface area contributed by atoms with Gasteiger partial charge in [0, 0.05) is 12.6 Å². The lowest BCUT2D eigenvalue weighted by molar-refractivity contribution is -0.119. The van der Waals surface area contributed by atoms with Gasteiger partial charge in [0.15, 0.2) is 4.34 Å². The van der Waals surface area contributed by atoms with Gasteiger partial charge in [0.05, 0.1) is 5.75 Å². The molecule has 3 unspecified atom stereocenters. The number of nitrogens with zero attached hydrogens (tertiary/aromatic N) is 2. The van der Waals surface area contributed by atoms with Crippen molar-refractivity contribution in [1.82, 2.24) is 15.5 Å². The summed E-state index contributed by atoms with van der Waals surface area (Å²) < 4.78 is 0.820. The zero-order valence-electron chi connectivity index (χ0n) is 15.3. The number of nitrogens with one attached hydrogen (secondary N) is 2. The highest BCUT2D eigenvalue weighted by Gasteiger charge is 2.28. The summed E-state index contributed by atoms with van der Waals surface area (Å²) in [5.41, 5.74) is 1.20. The third kappa shape index (κ3) is 5.45. The third-order valence-electron chi connectivity index (χ3n) is 5.07. The van der Waals surface area contributed by atoms with Gasteiger partial charge in [-0.1, -0.05) is 80.1 Å². The Morgan fingerprint density at radius 1 is 1.23 bits per heavy atom. The predicted octanol–water partition coefficient (Wildman–Crippen LogP) is 4.18. The van der Waals surface area contributed by atoms with E-state index in [-0.39, 0.29) is 5.91 Å². The molecule has 0 bridgehead atoms. The second kappa shape index (κ2) is 9.37. The topological polar surface area (TPSA) is 66.9 Å². The molecule has 26 heavy (non-hydrogen) atoms. The van der Waals surface area contributed by atoms with E-state index in [0.717, 1.165) is 22.4 Å². The number of aromatic nitrogens is 2. The van der Waals surface area contributed by atoms with Gasteiger partial charge >= 0.3 is 0 Å². The van der Waals surface area contributed by atoms with Crippen LogP contribution in [0.4, 0.5) is 5.13 Å². The maximum atomic E-state index is 12.3. The highest BCUT2D eigenvalue weighted by Crippen LogP contribution is 2.30. The SMILES string of the molecule is CC1CCCC(NC(=O)CSc2nnc(NCc3ccccc3)s2)C1C. The molecule has 3 rings (SSSR count). The molecule has 1 heterocycles. The molecule has 1 aromatic carbocycles. The lowest BCUT2D eigenvalue weighted by Gasteiger charge is -2.34. The molecule has 0 saturated heterocycles. The van der Waals surface area contributed by atoms with Gasteiger partial charge < -0.3 is 10.6 Å². The summed E-state index contributed by atoms with van der Waals surface area (Å²) in [6.07, 6.45) is 3.57. The molecule has 1 fully saturated rings. The Morgan fingerprint density at radius 2 is 2.04 bits per heavy atom. The fourth-order valence-electron chi connectivity index (χ4n) is 3.27. The van der Waals surface area contributed by atoms with E-state index < -0.39 is 0 Å². The van der Waals surface area contributed by atoms with Crippen LogP contribution in [0.25, 0.3) is 0 Å². The summed E-state index contributed by atoms with van der Waals surface area (Å²) in [5.74, 6) is 1.72. The van der Waals surface area contributed by atoms with Crippen LogP contribution >= 0.6 is 23.1 Å². The minimum atomic E-state index is 0.0925. The third-order valence-corrected chi connectivity index (χ3v) is 7.09. The van der Waals surface area contributed by atoms with Crippen molar-refractivity contribution in [3.63, 3.8) is 0 Å². The van der Waals surface area contributed by atoms with Gasteiger partial charge in [-0.3, -0.25) is 4.79 Å². The van der Waals surface area contributed by atoms with Crippen molar-refractivity contribution in [3.8, 4) is 0 Å². The van der Waals surface area contributed by atoms with Crippen LogP contribution in [0.15, 0.2) is 34.7 Å². The van der Waals surface area contributed by atoms with E-state index in [2.05, 4.69) is 46.8 Å². The molecule has 2 N–H and O–H groups in total. The average Bonchev–Trinajstić information content (AvgIpc) is 3.11. The van der Waals surface area contributed by atoms with Gasteiger partial charge in [0.2, 0.25) is 11.0 Å². The molecular weight excluding hydrogens is 364 g/mol. The van der Waals surface area contributed by atoms with Crippen LogP contribution in [0, 0.1) is 11.8 Å². The van der Waals surface area contributed by atoms with Crippen LogP contribution in [-0.4, -0.2) is 27.9 Å². The molecule has 5 nitrogen and oxygen atoms in total. The van der Waals surface area contributed by atoms with Gasteiger partial charge in [-0.25, -0.2) is 0 Å². The van der Waals surface area contributed by atoms with Crippen LogP contribution in [-0.2, 0) is 11.3 Å². The van der Waals surface area contributed by atoms with E-state index in [4.69, 9.17) is 0 Å². The molecule has 0 aliphatic heterocycles. The monoisotopic (exact) mass is 390 g/mol. The van der Waals surface area contributed by atoms with E-state index in [1.165, 1.54) is 41.5 Å². The van der Waals surface area contributed by atoms with Crippen LogP contribution in [0.2, 0.25) is 0 Å². The summed E-state index contributed by atoms with van der Waals surface area (Å²) >= 11 is 2.95. The van der Waals surface area contributed by atoms with Gasteiger partial charge in [0.25, 0.3) is 0 Å².